The predicted octanol–water partition coefficient (Wildman–Crippen LogP) is 2.99. The Labute approximate surface area is 168 Å². The molecular weight excluding hydrogens is 376 g/mol. The lowest BCUT2D eigenvalue weighted by Gasteiger charge is -2.34. The Bertz CT molecular complexity index is 777. The quantitative estimate of drug-likeness (QED) is 0.751. The van der Waals surface area contributed by atoms with Crippen molar-refractivity contribution in [3.8, 4) is 0 Å². The van der Waals surface area contributed by atoms with Crippen molar-refractivity contribution < 1.29 is 17.9 Å². The van der Waals surface area contributed by atoms with E-state index in [1.807, 2.05) is 6.92 Å². The van der Waals surface area contributed by atoms with Crippen molar-refractivity contribution in [3.63, 3.8) is 0 Å². The third-order valence-electron chi connectivity index (χ3n) is 5.69. The maximum Gasteiger partial charge on any atom is 0.253 e. The Morgan fingerprint density at radius 3 is 2.39 bits per heavy atom. The van der Waals surface area contributed by atoms with Gasteiger partial charge in [-0.05, 0) is 56.2 Å². The average Bonchev–Trinajstić information content (AvgIpc) is 2.67. The third-order valence-corrected chi connectivity index (χ3v) is 7.51. The molecule has 0 N–H and O–H groups in total. The molecule has 2 heterocycles. The Morgan fingerprint density at radius 1 is 1.14 bits per heavy atom. The van der Waals surface area contributed by atoms with E-state index in [9.17, 15) is 13.2 Å². The van der Waals surface area contributed by atoms with Crippen molar-refractivity contribution in [3.05, 3.63) is 29.8 Å². The van der Waals surface area contributed by atoms with E-state index in [2.05, 4.69) is 13.8 Å². The number of sulfonamides is 1. The number of rotatable bonds is 5. The van der Waals surface area contributed by atoms with Gasteiger partial charge in [0, 0.05) is 38.3 Å². The van der Waals surface area contributed by atoms with Crippen molar-refractivity contribution in [1.82, 2.24) is 9.21 Å². The summed E-state index contributed by atoms with van der Waals surface area (Å²) in [5.74, 6) is 0.581. The fourth-order valence-corrected chi connectivity index (χ4v) is 6.11. The maximum atomic E-state index is 13.1. The van der Waals surface area contributed by atoms with Gasteiger partial charge in [0.05, 0.1) is 11.0 Å². The van der Waals surface area contributed by atoms with Gasteiger partial charge in [-0.15, -0.1) is 0 Å². The summed E-state index contributed by atoms with van der Waals surface area (Å²) < 4.78 is 33.5. The Morgan fingerprint density at radius 2 is 1.79 bits per heavy atom. The SMILES string of the molecule is CCOC1CCN(C(=O)c2cccc(S(=O)(=O)N3CC(C)CC(C)C3)c2)CC1. The number of hydrogen-bond acceptors (Lipinski definition) is 4. The summed E-state index contributed by atoms with van der Waals surface area (Å²) >= 11 is 0. The lowest BCUT2D eigenvalue weighted by Crippen LogP contribution is -2.42. The Kier molecular flexibility index (Phi) is 6.78. The Hall–Kier alpha value is -1.44. The molecule has 156 valence electrons. The summed E-state index contributed by atoms with van der Waals surface area (Å²) in [7, 11) is -3.59. The van der Waals surface area contributed by atoms with Crippen LogP contribution in [0.25, 0.3) is 0 Å². The number of likely N-dealkylation sites (tertiary alicyclic amines) is 1. The van der Waals surface area contributed by atoms with Gasteiger partial charge in [-0.25, -0.2) is 8.42 Å². The molecule has 1 aromatic rings. The summed E-state index contributed by atoms with van der Waals surface area (Å²) in [5.41, 5.74) is 0.439. The van der Waals surface area contributed by atoms with Crippen LogP contribution >= 0.6 is 0 Å². The van der Waals surface area contributed by atoms with Crippen LogP contribution in [0.4, 0.5) is 0 Å². The van der Waals surface area contributed by atoms with Crippen LogP contribution in [0.2, 0.25) is 0 Å². The number of nitrogens with zero attached hydrogens (tertiary/aromatic N) is 2. The van der Waals surface area contributed by atoms with Crippen molar-refractivity contribution in [2.24, 2.45) is 11.8 Å². The Balaban J connectivity index is 1.74. The highest BCUT2D eigenvalue weighted by Gasteiger charge is 2.32. The van der Waals surface area contributed by atoms with Crippen molar-refractivity contribution >= 4 is 15.9 Å². The number of hydrogen-bond donors (Lipinski definition) is 0. The van der Waals surface area contributed by atoms with E-state index in [0.717, 1.165) is 19.3 Å². The molecule has 2 fully saturated rings. The largest absolute Gasteiger partial charge is 0.378 e. The first kappa shape index (κ1) is 21.3. The van der Waals surface area contributed by atoms with E-state index < -0.39 is 10.0 Å². The van der Waals surface area contributed by atoms with Crippen LogP contribution in [0.1, 0.15) is 50.4 Å². The zero-order valence-electron chi connectivity index (χ0n) is 17.1. The lowest BCUT2D eigenvalue weighted by atomic mass is 9.94. The summed E-state index contributed by atoms with van der Waals surface area (Å²) in [6.07, 6.45) is 2.90. The molecule has 3 rings (SSSR count). The van der Waals surface area contributed by atoms with Gasteiger partial charge in [0.25, 0.3) is 5.91 Å². The average molecular weight is 409 g/mol. The highest BCUT2D eigenvalue weighted by atomic mass is 32.2. The second kappa shape index (κ2) is 8.93. The molecule has 7 heteroatoms. The fraction of sp³-hybridized carbons (Fsp3) is 0.667. The molecule has 0 aliphatic carbocycles. The van der Waals surface area contributed by atoms with E-state index in [0.29, 0.717) is 50.2 Å². The van der Waals surface area contributed by atoms with Crippen LogP contribution in [0, 0.1) is 11.8 Å². The van der Waals surface area contributed by atoms with Crippen molar-refractivity contribution in [1.29, 1.82) is 0 Å². The van der Waals surface area contributed by atoms with Crippen LogP contribution in [0.5, 0.6) is 0 Å². The van der Waals surface area contributed by atoms with E-state index in [4.69, 9.17) is 4.74 Å². The smallest absolute Gasteiger partial charge is 0.253 e. The molecule has 0 saturated carbocycles. The zero-order valence-corrected chi connectivity index (χ0v) is 18.0. The number of carbonyl (C=O) groups excluding carboxylic acids is 1. The first-order valence-corrected chi connectivity index (χ1v) is 11.8. The number of amides is 1. The van der Waals surface area contributed by atoms with Crippen LogP contribution < -0.4 is 0 Å². The molecule has 6 nitrogen and oxygen atoms in total. The molecule has 0 bridgehead atoms. The van der Waals surface area contributed by atoms with Crippen molar-refractivity contribution in [2.45, 2.75) is 51.0 Å². The monoisotopic (exact) mass is 408 g/mol. The van der Waals surface area contributed by atoms with E-state index in [1.165, 1.54) is 6.07 Å². The number of ether oxygens (including phenoxy) is 1. The summed E-state index contributed by atoms with van der Waals surface area (Å²) in [5, 5.41) is 0. The molecule has 1 amide bonds. The zero-order chi connectivity index (χ0) is 20.3. The normalized spacial score (nSPS) is 25.0. The minimum Gasteiger partial charge on any atom is -0.378 e. The predicted molar refractivity (Wildman–Crippen MR) is 109 cm³/mol. The molecule has 0 aromatic heterocycles. The molecule has 2 aliphatic rings. The van der Waals surface area contributed by atoms with Gasteiger partial charge in [-0.2, -0.15) is 4.31 Å². The summed E-state index contributed by atoms with van der Waals surface area (Å²) in [6.45, 7) is 9.20. The summed E-state index contributed by atoms with van der Waals surface area (Å²) in [4.78, 5) is 14.9. The first-order valence-electron chi connectivity index (χ1n) is 10.3. The lowest BCUT2D eigenvalue weighted by molar-refractivity contribution is 0.0146. The summed E-state index contributed by atoms with van der Waals surface area (Å²) in [6, 6.07) is 6.51. The molecule has 2 unspecified atom stereocenters. The molecule has 2 aliphatic heterocycles. The van der Waals surface area contributed by atoms with Gasteiger partial charge in [-0.3, -0.25) is 4.79 Å². The van der Waals surface area contributed by atoms with Gasteiger partial charge in [0.2, 0.25) is 10.0 Å². The van der Waals surface area contributed by atoms with Crippen LogP contribution in [0.15, 0.2) is 29.2 Å². The van der Waals surface area contributed by atoms with Gasteiger partial charge >= 0.3 is 0 Å². The van der Waals surface area contributed by atoms with Gasteiger partial charge in [0.1, 0.15) is 0 Å². The highest BCUT2D eigenvalue weighted by Crippen LogP contribution is 2.27. The van der Waals surface area contributed by atoms with Crippen LogP contribution in [-0.4, -0.2) is 62.4 Å². The number of piperidine rings is 2. The molecule has 28 heavy (non-hydrogen) atoms. The second-order valence-electron chi connectivity index (χ2n) is 8.24. The van der Waals surface area contributed by atoms with Crippen molar-refractivity contribution in [2.75, 3.05) is 32.8 Å². The van der Waals surface area contributed by atoms with Gasteiger partial charge in [0.15, 0.2) is 0 Å². The fourth-order valence-electron chi connectivity index (χ4n) is 4.38. The molecule has 0 radical (unpaired) electrons. The minimum absolute atomic E-state index is 0.104. The molecule has 2 atom stereocenters. The molecule has 0 spiro atoms. The first-order chi connectivity index (χ1) is 13.3. The standard InChI is InChI=1S/C21H32N2O4S/c1-4-27-19-8-10-22(11-9-19)21(24)18-6-5-7-20(13-18)28(25,26)23-14-16(2)12-17(3)15-23/h5-7,13,16-17,19H,4,8-12,14-15H2,1-3H3. The second-order valence-corrected chi connectivity index (χ2v) is 10.2. The highest BCUT2D eigenvalue weighted by molar-refractivity contribution is 7.89. The van der Waals surface area contributed by atoms with E-state index in [-0.39, 0.29) is 16.9 Å². The molecular formula is C21H32N2O4S. The van der Waals surface area contributed by atoms with E-state index in [1.54, 1.807) is 27.4 Å². The third kappa shape index (κ3) is 4.75. The van der Waals surface area contributed by atoms with Gasteiger partial charge < -0.3 is 9.64 Å². The van der Waals surface area contributed by atoms with Crippen LogP contribution in [0.3, 0.4) is 0 Å². The van der Waals surface area contributed by atoms with Crippen LogP contribution in [-0.2, 0) is 14.8 Å². The van der Waals surface area contributed by atoms with Gasteiger partial charge in [-0.1, -0.05) is 19.9 Å². The van der Waals surface area contributed by atoms with E-state index >= 15 is 0 Å². The topological polar surface area (TPSA) is 66.9 Å². The maximum absolute atomic E-state index is 13.1. The molecule has 2 saturated heterocycles. The number of benzene rings is 1. The minimum atomic E-state index is -3.59. The molecule has 1 aromatic carbocycles. The number of carbonyl (C=O) groups is 1.